The smallest absolute Gasteiger partial charge is 0.257 e. The van der Waals surface area contributed by atoms with Crippen molar-refractivity contribution in [2.75, 3.05) is 19.4 Å². The Balaban J connectivity index is 1.49. The van der Waals surface area contributed by atoms with Gasteiger partial charge in [0.1, 0.15) is 22.6 Å². The van der Waals surface area contributed by atoms with Gasteiger partial charge in [-0.15, -0.1) is 0 Å². The van der Waals surface area contributed by atoms with Gasteiger partial charge in [0.25, 0.3) is 5.91 Å². The van der Waals surface area contributed by atoms with E-state index in [1.54, 1.807) is 13.3 Å². The monoisotopic (exact) mass is 478 g/mol. The molecule has 0 unspecified atom stereocenters. The Bertz CT molecular complexity index is 1590. The van der Waals surface area contributed by atoms with Gasteiger partial charge in [-0.3, -0.25) is 4.79 Å². The van der Waals surface area contributed by atoms with Crippen LogP contribution in [0, 0.1) is 6.92 Å². The predicted molar refractivity (Wildman–Crippen MR) is 143 cm³/mol. The summed E-state index contributed by atoms with van der Waals surface area (Å²) in [6.45, 7) is 2.45. The lowest BCUT2D eigenvalue weighted by Gasteiger charge is -2.06. The van der Waals surface area contributed by atoms with Crippen molar-refractivity contribution in [3.63, 3.8) is 0 Å². The summed E-state index contributed by atoms with van der Waals surface area (Å²) in [5, 5.41) is 7.54. The number of nitrogens with two attached hydrogens (primary N) is 1. The molecule has 36 heavy (non-hydrogen) atoms. The standard InChI is InChI=1S/C28H26N6O2/c1-18-6-5-7-20(16-18)17-31-34-26(29)24(25-27(34)33-23-9-4-3-8-22(23)32-25)28(35)30-15-14-19-10-12-21(36-2)13-11-19/h3-13,16-17H,14-15,29H2,1-2H3,(H,30,35)/b31-17+. The first kappa shape index (κ1) is 23.0. The molecule has 0 aliphatic heterocycles. The molecular formula is C28H26N6O2. The maximum absolute atomic E-state index is 13.3. The number of carbonyl (C=O) groups is 1. The van der Waals surface area contributed by atoms with Gasteiger partial charge in [-0.25, -0.2) is 9.97 Å². The molecule has 0 saturated heterocycles. The van der Waals surface area contributed by atoms with E-state index in [0.717, 1.165) is 22.4 Å². The number of fused-ring (bicyclic) bond motifs is 2. The summed E-state index contributed by atoms with van der Waals surface area (Å²) < 4.78 is 6.68. The molecule has 0 aliphatic carbocycles. The van der Waals surface area contributed by atoms with Gasteiger partial charge in [0.2, 0.25) is 0 Å². The zero-order valence-electron chi connectivity index (χ0n) is 20.1. The van der Waals surface area contributed by atoms with Crippen LogP contribution in [-0.2, 0) is 6.42 Å². The van der Waals surface area contributed by atoms with Gasteiger partial charge >= 0.3 is 0 Å². The molecule has 2 heterocycles. The summed E-state index contributed by atoms with van der Waals surface area (Å²) in [5.41, 5.74) is 12.1. The van der Waals surface area contributed by atoms with E-state index in [0.29, 0.717) is 35.2 Å². The fourth-order valence-corrected chi connectivity index (χ4v) is 4.06. The van der Waals surface area contributed by atoms with Crippen LogP contribution in [0.5, 0.6) is 5.75 Å². The largest absolute Gasteiger partial charge is 0.497 e. The first-order chi connectivity index (χ1) is 17.5. The van der Waals surface area contributed by atoms with Gasteiger partial charge in [0, 0.05) is 6.54 Å². The molecular weight excluding hydrogens is 452 g/mol. The van der Waals surface area contributed by atoms with E-state index >= 15 is 0 Å². The normalized spacial score (nSPS) is 11.4. The van der Waals surface area contributed by atoms with Gasteiger partial charge in [0.15, 0.2) is 5.65 Å². The van der Waals surface area contributed by atoms with Crippen molar-refractivity contribution in [1.82, 2.24) is 20.0 Å². The Hall–Kier alpha value is -4.72. The topological polar surface area (TPSA) is 107 Å². The van der Waals surface area contributed by atoms with Gasteiger partial charge in [-0.2, -0.15) is 9.78 Å². The highest BCUT2D eigenvalue weighted by Gasteiger charge is 2.24. The van der Waals surface area contributed by atoms with E-state index < -0.39 is 0 Å². The number of rotatable bonds is 7. The number of para-hydroxylation sites is 2. The molecule has 5 rings (SSSR count). The van der Waals surface area contributed by atoms with Crippen molar-refractivity contribution in [2.24, 2.45) is 5.10 Å². The third kappa shape index (κ3) is 4.61. The number of nitrogens with zero attached hydrogens (tertiary/aromatic N) is 4. The number of benzene rings is 3. The molecule has 180 valence electrons. The summed E-state index contributed by atoms with van der Waals surface area (Å²) in [7, 11) is 1.63. The minimum atomic E-state index is -0.319. The van der Waals surface area contributed by atoms with Crippen LogP contribution in [0.3, 0.4) is 0 Å². The van der Waals surface area contributed by atoms with Gasteiger partial charge in [0.05, 0.1) is 24.4 Å². The average Bonchev–Trinajstić information content (AvgIpc) is 3.16. The van der Waals surface area contributed by atoms with Crippen molar-refractivity contribution < 1.29 is 9.53 Å². The van der Waals surface area contributed by atoms with Crippen LogP contribution in [0.1, 0.15) is 27.0 Å². The molecule has 8 nitrogen and oxygen atoms in total. The fourth-order valence-electron chi connectivity index (χ4n) is 4.06. The minimum Gasteiger partial charge on any atom is -0.497 e. The van der Waals surface area contributed by atoms with Crippen molar-refractivity contribution in [2.45, 2.75) is 13.3 Å². The van der Waals surface area contributed by atoms with Crippen LogP contribution in [0.2, 0.25) is 0 Å². The Morgan fingerprint density at radius 1 is 1.06 bits per heavy atom. The molecule has 1 amide bonds. The second-order valence-electron chi connectivity index (χ2n) is 8.47. The quantitative estimate of drug-likeness (QED) is 0.339. The molecule has 5 aromatic rings. The summed E-state index contributed by atoms with van der Waals surface area (Å²) in [6.07, 6.45) is 2.36. The third-order valence-electron chi connectivity index (χ3n) is 5.92. The second kappa shape index (κ2) is 9.87. The van der Waals surface area contributed by atoms with Crippen LogP contribution in [0.25, 0.3) is 22.2 Å². The highest BCUT2D eigenvalue weighted by Crippen LogP contribution is 2.28. The van der Waals surface area contributed by atoms with E-state index in [2.05, 4.69) is 10.4 Å². The van der Waals surface area contributed by atoms with Crippen molar-refractivity contribution in [3.8, 4) is 5.75 Å². The lowest BCUT2D eigenvalue weighted by atomic mass is 10.1. The Kier molecular flexibility index (Phi) is 6.32. The molecule has 0 bridgehead atoms. The second-order valence-corrected chi connectivity index (χ2v) is 8.47. The molecule has 2 aromatic heterocycles. The molecule has 0 spiro atoms. The van der Waals surface area contributed by atoms with Crippen LogP contribution in [0.4, 0.5) is 5.82 Å². The zero-order chi connectivity index (χ0) is 25.1. The molecule has 0 aliphatic rings. The first-order valence-electron chi connectivity index (χ1n) is 11.6. The number of nitrogen functional groups attached to an aromatic ring is 1. The predicted octanol–water partition coefficient (Wildman–Crippen LogP) is 4.34. The van der Waals surface area contributed by atoms with Crippen LogP contribution >= 0.6 is 0 Å². The molecule has 0 atom stereocenters. The summed E-state index contributed by atoms with van der Waals surface area (Å²) in [5.74, 6) is 0.659. The molecule has 0 radical (unpaired) electrons. The van der Waals surface area contributed by atoms with E-state index in [-0.39, 0.29) is 17.3 Å². The number of methoxy groups -OCH3 is 1. The van der Waals surface area contributed by atoms with Gasteiger partial charge in [-0.05, 0) is 48.7 Å². The number of hydrogen-bond donors (Lipinski definition) is 2. The summed E-state index contributed by atoms with van der Waals surface area (Å²) in [4.78, 5) is 22.7. The number of carbonyl (C=O) groups excluding carboxylic acids is 1. The lowest BCUT2D eigenvalue weighted by Crippen LogP contribution is -2.26. The molecule has 0 fully saturated rings. The van der Waals surface area contributed by atoms with Crippen LogP contribution in [-0.4, -0.2) is 40.4 Å². The number of ether oxygens (including phenoxy) is 1. The highest BCUT2D eigenvalue weighted by atomic mass is 16.5. The highest BCUT2D eigenvalue weighted by molar-refractivity contribution is 6.10. The summed E-state index contributed by atoms with van der Waals surface area (Å²) >= 11 is 0. The number of aryl methyl sites for hydroxylation is 1. The Labute approximate surface area is 208 Å². The Morgan fingerprint density at radius 3 is 2.53 bits per heavy atom. The van der Waals surface area contributed by atoms with Gasteiger partial charge < -0.3 is 15.8 Å². The minimum absolute atomic E-state index is 0.186. The molecule has 0 saturated carbocycles. The van der Waals surface area contributed by atoms with E-state index in [1.807, 2.05) is 79.7 Å². The third-order valence-corrected chi connectivity index (χ3v) is 5.92. The maximum atomic E-state index is 13.3. The van der Waals surface area contributed by atoms with Crippen molar-refractivity contribution in [3.05, 3.63) is 95.1 Å². The summed E-state index contributed by atoms with van der Waals surface area (Å²) in [6, 6.07) is 23.2. The number of nitrogens with one attached hydrogen (secondary N) is 1. The number of aromatic nitrogens is 3. The lowest BCUT2D eigenvalue weighted by molar-refractivity contribution is 0.0956. The Morgan fingerprint density at radius 2 is 1.81 bits per heavy atom. The van der Waals surface area contributed by atoms with Crippen molar-refractivity contribution in [1.29, 1.82) is 0 Å². The average molecular weight is 479 g/mol. The van der Waals surface area contributed by atoms with Gasteiger partial charge in [-0.1, -0.05) is 54.1 Å². The molecule has 3 N–H and O–H groups in total. The van der Waals surface area contributed by atoms with E-state index in [9.17, 15) is 4.79 Å². The first-order valence-corrected chi connectivity index (χ1v) is 11.6. The fraction of sp³-hybridized carbons (Fsp3) is 0.143. The molecule has 8 heteroatoms. The zero-order valence-corrected chi connectivity index (χ0v) is 20.1. The maximum Gasteiger partial charge on any atom is 0.257 e. The number of amides is 1. The number of hydrogen-bond acceptors (Lipinski definition) is 6. The van der Waals surface area contributed by atoms with E-state index in [4.69, 9.17) is 20.4 Å². The van der Waals surface area contributed by atoms with Crippen molar-refractivity contribution >= 4 is 40.1 Å². The van der Waals surface area contributed by atoms with E-state index in [1.165, 1.54) is 4.68 Å². The number of anilines is 1. The SMILES string of the molecule is COc1ccc(CCNC(=O)c2c(N)n(/N=C/c3cccc(C)c3)c3nc4ccccc4nc23)cc1. The van der Waals surface area contributed by atoms with Crippen LogP contribution in [0.15, 0.2) is 77.9 Å². The molecule has 3 aromatic carbocycles. The van der Waals surface area contributed by atoms with Crippen LogP contribution < -0.4 is 15.8 Å².